The SMILES string of the molecule is C#CCOc1ccc(Cl)cc1C(C)NCC. The van der Waals surface area contributed by atoms with Crippen LogP contribution in [0.1, 0.15) is 25.5 Å². The predicted molar refractivity (Wildman–Crippen MR) is 67.9 cm³/mol. The molecule has 0 aliphatic carbocycles. The van der Waals surface area contributed by atoms with Crippen molar-refractivity contribution >= 4 is 11.6 Å². The van der Waals surface area contributed by atoms with Crippen LogP contribution in [-0.4, -0.2) is 13.2 Å². The molecule has 1 N–H and O–H groups in total. The lowest BCUT2D eigenvalue weighted by Gasteiger charge is -2.17. The molecule has 0 spiro atoms. The van der Waals surface area contributed by atoms with Gasteiger partial charge in [0.15, 0.2) is 0 Å². The van der Waals surface area contributed by atoms with E-state index < -0.39 is 0 Å². The molecule has 3 heteroatoms. The Morgan fingerprint density at radius 1 is 1.56 bits per heavy atom. The number of terminal acetylenes is 1. The molecular weight excluding hydrogens is 222 g/mol. The monoisotopic (exact) mass is 237 g/mol. The zero-order valence-corrected chi connectivity index (χ0v) is 10.3. The Kier molecular flexibility index (Phi) is 5.18. The van der Waals surface area contributed by atoms with E-state index in [2.05, 4.69) is 25.1 Å². The third-order valence-electron chi connectivity index (χ3n) is 2.26. The van der Waals surface area contributed by atoms with E-state index in [0.29, 0.717) is 5.02 Å². The molecule has 1 unspecified atom stereocenters. The second-order valence-electron chi connectivity index (χ2n) is 3.45. The first-order valence-electron chi connectivity index (χ1n) is 5.28. The average Bonchev–Trinajstić information content (AvgIpc) is 2.27. The Balaban J connectivity index is 2.93. The van der Waals surface area contributed by atoms with Gasteiger partial charge in [0.05, 0.1) is 0 Å². The van der Waals surface area contributed by atoms with Gasteiger partial charge in [-0.2, -0.15) is 0 Å². The predicted octanol–water partition coefficient (Wildman–Crippen LogP) is 3.02. The summed E-state index contributed by atoms with van der Waals surface area (Å²) in [7, 11) is 0. The highest BCUT2D eigenvalue weighted by Crippen LogP contribution is 2.28. The van der Waals surface area contributed by atoms with Crippen LogP contribution < -0.4 is 10.1 Å². The lowest BCUT2D eigenvalue weighted by atomic mass is 10.1. The van der Waals surface area contributed by atoms with Gasteiger partial charge >= 0.3 is 0 Å². The van der Waals surface area contributed by atoms with Crippen LogP contribution in [0.3, 0.4) is 0 Å². The largest absolute Gasteiger partial charge is 0.481 e. The lowest BCUT2D eigenvalue weighted by Crippen LogP contribution is -2.18. The second kappa shape index (κ2) is 6.42. The van der Waals surface area contributed by atoms with Crippen molar-refractivity contribution in [2.24, 2.45) is 0 Å². The van der Waals surface area contributed by atoms with Crippen LogP contribution >= 0.6 is 11.6 Å². The fourth-order valence-electron chi connectivity index (χ4n) is 1.52. The van der Waals surface area contributed by atoms with E-state index in [1.807, 2.05) is 12.1 Å². The van der Waals surface area contributed by atoms with Gasteiger partial charge in [0.25, 0.3) is 0 Å². The highest BCUT2D eigenvalue weighted by Gasteiger charge is 2.11. The maximum absolute atomic E-state index is 5.97. The highest BCUT2D eigenvalue weighted by molar-refractivity contribution is 6.30. The molecule has 2 nitrogen and oxygen atoms in total. The molecule has 0 fully saturated rings. The van der Waals surface area contributed by atoms with Crippen molar-refractivity contribution in [3.63, 3.8) is 0 Å². The normalized spacial score (nSPS) is 11.9. The van der Waals surface area contributed by atoms with Gasteiger partial charge in [-0.1, -0.05) is 24.4 Å². The first kappa shape index (κ1) is 12.9. The van der Waals surface area contributed by atoms with Crippen LogP contribution in [0.2, 0.25) is 5.02 Å². The second-order valence-corrected chi connectivity index (χ2v) is 3.89. The molecule has 16 heavy (non-hydrogen) atoms. The van der Waals surface area contributed by atoms with Crippen LogP contribution in [0.5, 0.6) is 5.75 Å². The zero-order chi connectivity index (χ0) is 12.0. The van der Waals surface area contributed by atoms with Crippen molar-refractivity contribution in [2.75, 3.05) is 13.2 Å². The number of nitrogens with one attached hydrogen (secondary N) is 1. The highest BCUT2D eigenvalue weighted by atomic mass is 35.5. The molecule has 0 heterocycles. The summed E-state index contributed by atoms with van der Waals surface area (Å²) >= 11 is 5.97. The number of benzene rings is 1. The molecule has 1 atom stereocenters. The summed E-state index contributed by atoms with van der Waals surface area (Å²) in [6.07, 6.45) is 5.17. The van der Waals surface area contributed by atoms with E-state index in [4.69, 9.17) is 22.8 Å². The molecule has 1 aromatic carbocycles. The summed E-state index contributed by atoms with van der Waals surface area (Å²) in [6.45, 7) is 5.29. The van der Waals surface area contributed by atoms with E-state index in [1.54, 1.807) is 6.07 Å². The minimum Gasteiger partial charge on any atom is -0.481 e. The van der Waals surface area contributed by atoms with Crippen molar-refractivity contribution in [1.82, 2.24) is 5.32 Å². The minimum absolute atomic E-state index is 0.191. The molecule has 86 valence electrons. The van der Waals surface area contributed by atoms with Gasteiger partial charge < -0.3 is 10.1 Å². The minimum atomic E-state index is 0.191. The zero-order valence-electron chi connectivity index (χ0n) is 9.59. The van der Waals surface area contributed by atoms with Crippen LogP contribution in [0.4, 0.5) is 0 Å². The molecule has 1 rings (SSSR count). The number of hydrogen-bond acceptors (Lipinski definition) is 2. The molecule has 1 aromatic rings. The van der Waals surface area contributed by atoms with Gasteiger partial charge in [-0.15, -0.1) is 6.42 Å². The van der Waals surface area contributed by atoms with E-state index >= 15 is 0 Å². The summed E-state index contributed by atoms with van der Waals surface area (Å²) in [6, 6.07) is 5.75. The molecule has 0 amide bonds. The van der Waals surface area contributed by atoms with Crippen LogP contribution in [0, 0.1) is 12.3 Å². The number of halogens is 1. The molecule has 0 aromatic heterocycles. The smallest absolute Gasteiger partial charge is 0.148 e. The molecule has 0 saturated carbocycles. The molecule has 0 bridgehead atoms. The Morgan fingerprint density at radius 3 is 2.94 bits per heavy atom. The fraction of sp³-hybridized carbons (Fsp3) is 0.385. The van der Waals surface area contributed by atoms with Crippen LogP contribution in [0.25, 0.3) is 0 Å². The van der Waals surface area contributed by atoms with Crippen molar-refractivity contribution in [1.29, 1.82) is 0 Å². The standard InChI is InChI=1S/C13H16ClNO/c1-4-8-16-13-7-6-11(14)9-12(13)10(3)15-5-2/h1,6-7,9-10,15H,5,8H2,2-3H3. The Labute approximate surface area is 102 Å². The maximum Gasteiger partial charge on any atom is 0.148 e. The molecule has 0 radical (unpaired) electrons. The van der Waals surface area contributed by atoms with Crippen molar-refractivity contribution in [3.05, 3.63) is 28.8 Å². The van der Waals surface area contributed by atoms with Crippen molar-refractivity contribution < 1.29 is 4.74 Å². The first-order chi connectivity index (χ1) is 7.69. The van der Waals surface area contributed by atoms with Gasteiger partial charge in [-0.25, -0.2) is 0 Å². The summed E-state index contributed by atoms with van der Waals surface area (Å²) in [5.41, 5.74) is 1.03. The van der Waals surface area contributed by atoms with E-state index in [0.717, 1.165) is 17.9 Å². The topological polar surface area (TPSA) is 21.3 Å². The van der Waals surface area contributed by atoms with Gasteiger partial charge in [0.1, 0.15) is 12.4 Å². The van der Waals surface area contributed by atoms with E-state index in [1.165, 1.54) is 0 Å². The van der Waals surface area contributed by atoms with E-state index in [9.17, 15) is 0 Å². The van der Waals surface area contributed by atoms with Gasteiger partial charge in [-0.05, 0) is 31.7 Å². The summed E-state index contributed by atoms with van der Waals surface area (Å²) < 4.78 is 5.47. The molecule has 0 aliphatic rings. The first-order valence-corrected chi connectivity index (χ1v) is 5.66. The average molecular weight is 238 g/mol. The number of ether oxygens (including phenoxy) is 1. The molecular formula is C13H16ClNO. The summed E-state index contributed by atoms with van der Waals surface area (Å²) in [5.74, 6) is 3.24. The van der Waals surface area contributed by atoms with Crippen LogP contribution in [-0.2, 0) is 0 Å². The Bertz CT molecular complexity index is 384. The number of hydrogen-bond donors (Lipinski definition) is 1. The lowest BCUT2D eigenvalue weighted by molar-refractivity contribution is 0.361. The third-order valence-corrected chi connectivity index (χ3v) is 2.49. The molecule has 0 aliphatic heterocycles. The van der Waals surface area contributed by atoms with Crippen molar-refractivity contribution in [3.8, 4) is 18.1 Å². The van der Waals surface area contributed by atoms with Crippen LogP contribution in [0.15, 0.2) is 18.2 Å². The quantitative estimate of drug-likeness (QED) is 0.795. The third kappa shape index (κ3) is 3.44. The molecule has 0 saturated heterocycles. The fourth-order valence-corrected chi connectivity index (χ4v) is 1.71. The summed E-state index contributed by atoms with van der Waals surface area (Å²) in [5, 5.41) is 4.02. The van der Waals surface area contributed by atoms with Gasteiger partial charge in [0, 0.05) is 16.6 Å². The van der Waals surface area contributed by atoms with Gasteiger partial charge in [-0.3, -0.25) is 0 Å². The number of rotatable bonds is 5. The summed E-state index contributed by atoms with van der Waals surface area (Å²) in [4.78, 5) is 0. The maximum atomic E-state index is 5.97. The van der Waals surface area contributed by atoms with Crippen molar-refractivity contribution in [2.45, 2.75) is 19.9 Å². The van der Waals surface area contributed by atoms with E-state index in [-0.39, 0.29) is 12.6 Å². The van der Waals surface area contributed by atoms with Gasteiger partial charge in [0.2, 0.25) is 0 Å². The Hall–Kier alpha value is -1.17. The Morgan fingerprint density at radius 2 is 2.31 bits per heavy atom.